The van der Waals surface area contributed by atoms with Crippen molar-refractivity contribution in [3.05, 3.63) is 58.0 Å². The number of piperidine rings is 2. The molecule has 1 unspecified atom stereocenters. The second-order valence-electron chi connectivity index (χ2n) is 15.1. The van der Waals surface area contributed by atoms with Gasteiger partial charge in [0.15, 0.2) is 0 Å². The number of likely N-dealkylation sites (tertiary alicyclic amines) is 1. The largest absolute Gasteiger partial charge is 0.493 e. The normalized spacial score (nSPS) is 21.3. The molecule has 0 radical (unpaired) electrons. The Morgan fingerprint density at radius 3 is 2.46 bits per heavy atom. The highest BCUT2D eigenvalue weighted by molar-refractivity contribution is 7.99. The number of aromatic nitrogens is 4. The summed E-state index contributed by atoms with van der Waals surface area (Å²) in [6.07, 6.45) is 4.84. The van der Waals surface area contributed by atoms with Gasteiger partial charge in [-0.3, -0.25) is 29.3 Å². The Labute approximate surface area is 317 Å². The molecule has 2 aromatic heterocycles. The molecule has 15 heteroatoms. The first-order valence-electron chi connectivity index (χ1n) is 19.3. The Balaban J connectivity index is 0.777. The number of H-pyrrole nitrogens is 1. The van der Waals surface area contributed by atoms with Gasteiger partial charge in [-0.2, -0.15) is 16.9 Å². The highest BCUT2D eigenvalue weighted by Gasteiger charge is 2.32. The van der Waals surface area contributed by atoms with Crippen molar-refractivity contribution in [2.45, 2.75) is 55.4 Å². The number of benzene rings is 2. The molecule has 6 heterocycles. The van der Waals surface area contributed by atoms with E-state index >= 15 is 4.39 Å². The van der Waals surface area contributed by atoms with Crippen LogP contribution >= 0.6 is 11.8 Å². The van der Waals surface area contributed by atoms with E-state index in [0.29, 0.717) is 53.5 Å². The maximum atomic E-state index is 15.0. The topological polar surface area (TPSA) is 138 Å². The Bertz CT molecular complexity index is 2050. The first kappa shape index (κ1) is 36.9. The second kappa shape index (κ2) is 16.4. The number of imide groups is 1. The zero-order valence-electron chi connectivity index (χ0n) is 30.9. The molecule has 4 aromatic rings. The van der Waals surface area contributed by atoms with Crippen LogP contribution in [0.5, 0.6) is 5.75 Å². The standard InChI is InChI=1S/C39H49FN8O5S/c1-45-33-20-26(2-3-29(33)37(44-45)30-4-5-35(49)43-38(30)50)48-16-14-47(15-17-48)13-12-46-10-6-25(7-11-46)23-53-27-21-31(40)36-32(22-27)41-34(42-39(36)51)24-54-28-8-18-52-19-9-28/h2-3,20-22,25,28,30H,4-19,23-24H2,1H3,(H,41,42,51)(H,43,49,50). The third-order valence-corrected chi connectivity index (χ3v) is 12.9. The van der Waals surface area contributed by atoms with Crippen LogP contribution in [-0.2, 0) is 27.1 Å². The fourth-order valence-electron chi connectivity index (χ4n) is 8.22. The molecule has 0 bridgehead atoms. The van der Waals surface area contributed by atoms with Gasteiger partial charge in [0.25, 0.3) is 5.56 Å². The molecule has 54 heavy (non-hydrogen) atoms. The molecule has 4 aliphatic heterocycles. The van der Waals surface area contributed by atoms with Gasteiger partial charge in [0.2, 0.25) is 11.8 Å². The van der Waals surface area contributed by atoms with Crippen LogP contribution in [0.1, 0.15) is 56.0 Å². The van der Waals surface area contributed by atoms with Crippen LogP contribution in [0, 0.1) is 11.7 Å². The van der Waals surface area contributed by atoms with Crippen molar-refractivity contribution in [1.29, 1.82) is 0 Å². The van der Waals surface area contributed by atoms with Crippen molar-refractivity contribution in [2.75, 3.05) is 77.1 Å². The lowest BCUT2D eigenvalue weighted by molar-refractivity contribution is -0.134. The van der Waals surface area contributed by atoms with Gasteiger partial charge >= 0.3 is 0 Å². The zero-order chi connectivity index (χ0) is 37.2. The summed E-state index contributed by atoms with van der Waals surface area (Å²) in [4.78, 5) is 51.8. The average molecular weight is 761 g/mol. The van der Waals surface area contributed by atoms with E-state index in [4.69, 9.17) is 14.6 Å². The number of hydrogen-bond acceptors (Lipinski definition) is 11. The van der Waals surface area contributed by atoms with Crippen molar-refractivity contribution in [3.63, 3.8) is 0 Å². The summed E-state index contributed by atoms with van der Waals surface area (Å²) in [7, 11) is 1.91. The first-order chi connectivity index (χ1) is 26.3. The Hall–Kier alpha value is -4.05. The summed E-state index contributed by atoms with van der Waals surface area (Å²) in [5, 5.41) is 8.57. The molecule has 8 rings (SSSR count). The molecule has 0 aliphatic carbocycles. The van der Waals surface area contributed by atoms with Gasteiger partial charge in [-0.1, -0.05) is 0 Å². The molecular weight excluding hydrogens is 712 g/mol. The number of anilines is 1. The monoisotopic (exact) mass is 760 g/mol. The molecule has 4 aliphatic rings. The van der Waals surface area contributed by atoms with Crippen LogP contribution in [0.4, 0.5) is 10.1 Å². The predicted molar refractivity (Wildman–Crippen MR) is 207 cm³/mol. The van der Waals surface area contributed by atoms with Gasteiger partial charge in [-0.25, -0.2) is 9.37 Å². The molecule has 4 saturated heterocycles. The molecule has 0 spiro atoms. The van der Waals surface area contributed by atoms with Gasteiger partial charge in [0, 0.05) is 94.4 Å². The van der Waals surface area contributed by atoms with Crippen LogP contribution in [0.2, 0.25) is 0 Å². The molecular formula is C39H49FN8O5S. The van der Waals surface area contributed by atoms with E-state index in [9.17, 15) is 14.4 Å². The van der Waals surface area contributed by atoms with Crippen molar-refractivity contribution in [3.8, 4) is 5.75 Å². The highest BCUT2D eigenvalue weighted by Crippen LogP contribution is 2.33. The Kier molecular flexibility index (Phi) is 11.2. The van der Waals surface area contributed by atoms with Gasteiger partial charge in [-0.15, -0.1) is 0 Å². The molecule has 13 nitrogen and oxygen atoms in total. The molecule has 2 aromatic carbocycles. The quantitative estimate of drug-likeness (QED) is 0.216. The van der Waals surface area contributed by atoms with E-state index in [-0.39, 0.29) is 17.2 Å². The van der Waals surface area contributed by atoms with Crippen molar-refractivity contribution in [2.24, 2.45) is 13.0 Å². The number of hydrogen-bond donors (Lipinski definition) is 2. The molecule has 2 amide bonds. The van der Waals surface area contributed by atoms with Crippen LogP contribution in [0.25, 0.3) is 21.8 Å². The number of aromatic amines is 1. The summed E-state index contributed by atoms with van der Waals surface area (Å²) in [5.74, 6) is 0.441. The van der Waals surface area contributed by atoms with Crippen LogP contribution in [0.3, 0.4) is 0 Å². The fourth-order valence-corrected chi connectivity index (χ4v) is 9.28. The number of aryl methyl sites for hydroxylation is 1. The third kappa shape index (κ3) is 8.28. The van der Waals surface area contributed by atoms with E-state index in [1.807, 2.05) is 11.7 Å². The lowest BCUT2D eigenvalue weighted by atomic mass is 9.93. The summed E-state index contributed by atoms with van der Waals surface area (Å²) < 4.78 is 28.4. The minimum atomic E-state index is -0.606. The second-order valence-corrected chi connectivity index (χ2v) is 16.4. The number of carbonyl (C=O) groups is 2. The third-order valence-electron chi connectivity index (χ3n) is 11.5. The summed E-state index contributed by atoms with van der Waals surface area (Å²) in [5.41, 5.74) is 2.78. The Morgan fingerprint density at radius 1 is 0.944 bits per heavy atom. The highest BCUT2D eigenvalue weighted by atomic mass is 32.2. The van der Waals surface area contributed by atoms with E-state index in [2.05, 4.69) is 48.2 Å². The van der Waals surface area contributed by atoms with Crippen LogP contribution < -0.4 is 20.5 Å². The smallest absolute Gasteiger partial charge is 0.261 e. The summed E-state index contributed by atoms with van der Waals surface area (Å²) in [6, 6.07) is 9.37. The minimum Gasteiger partial charge on any atom is -0.493 e. The number of nitrogens with one attached hydrogen (secondary N) is 2. The molecule has 288 valence electrons. The molecule has 0 saturated carbocycles. The number of amides is 2. The lowest BCUT2D eigenvalue weighted by Gasteiger charge is -2.38. The number of nitrogens with zero attached hydrogens (tertiary/aromatic N) is 6. The lowest BCUT2D eigenvalue weighted by Crippen LogP contribution is -2.49. The number of halogens is 1. The van der Waals surface area contributed by atoms with E-state index in [1.54, 1.807) is 17.8 Å². The van der Waals surface area contributed by atoms with Crippen molar-refractivity contribution >= 4 is 51.1 Å². The van der Waals surface area contributed by atoms with Crippen LogP contribution in [-0.4, -0.2) is 119 Å². The SMILES string of the molecule is Cn1nc(C2CCC(=O)NC2=O)c2ccc(N3CCN(CCN4CCC(COc5cc(F)c6c(=O)[nH]c(CSC7CCOCC7)nc6c5)CC4)CC3)cc21. The van der Waals surface area contributed by atoms with Crippen molar-refractivity contribution in [1.82, 2.24) is 34.9 Å². The maximum Gasteiger partial charge on any atom is 0.261 e. The van der Waals surface area contributed by atoms with E-state index in [0.717, 1.165) is 114 Å². The number of fused-ring (bicyclic) bond motifs is 2. The van der Waals surface area contributed by atoms with Gasteiger partial charge in [-0.05, 0) is 69.3 Å². The van der Waals surface area contributed by atoms with Gasteiger partial charge in [0.05, 0.1) is 35.0 Å². The number of carbonyl (C=O) groups excluding carboxylic acids is 2. The van der Waals surface area contributed by atoms with Crippen LogP contribution in [0.15, 0.2) is 35.1 Å². The van der Waals surface area contributed by atoms with Crippen molar-refractivity contribution < 1.29 is 23.5 Å². The zero-order valence-corrected chi connectivity index (χ0v) is 31.7. The number of thioether (sulfide) groups is 1. The maximum absolute atomic E-state index is 15.0. The Morgan fingerprint density at radius 2 is 1.70 bits per heavy atom. The average Bonchev–Trinajstić information content (AvgIpc) is 3.51. The van der Waals surface area contributed by atoms with Gasteiger partial charge < -0.3 is 24.3 Å². The molecule has 4 fully saturated rings. The summed E-state index contributed by atoms with van der Waals surface area (Å²) >= 11 is 1.76. The molecule has 2 N–H and O–H groups in total. The summed E-state index contributed by atoms with van der Waals surface area (Å²) in [6.45, 7) is 9.99. The number of ether oxygens (including phenoxy) is 2. The molecule has 1 atom stereocenters. The number of piperazine rings is 1. The minimum absolute atomic E-state index is 0.0230. The van der Waals surface area contributed by atoms with Gasteiger partial charge in [0.1, 0.15) is 22.8 Å². The first-order valence-corrected chi connectivity index (χ1v) is 20.4. The predicted octanol–water partition coefficient (Wildman–Crippen LogP) is 3.79. The fraction of sp³-hybridized carbons (Fsp3) is 0.564. The number of rotatable bonds is 11. The van der Waals surface area contributed by atoms with E-state index < -0.39 is 17.3 Å². The van der Waals surface area contributed by atoms with E-state index in [1.165, 1.54) is 6.07 Å².